The van der Waals surface area contributed by atoms with Crippen LogP contribution in [0.4, 0.5) is 0 Å². The van der Waals surface area contributed by atoms with E-state index in [9.17, 15) is 0 Å². The number of aromatic nitrogens is 1. The maximum atomic E-state index is 6.20. The van der Waals surface area contributed by atoms with Crippen LogP contribution >= 0.6 is 11.3 Å². The number of aryl methyl sites for hydroxylation is 2. The van der Waals surface area contributed by atoms with Crippen molar-refractivity contribution in [3.63, 3.8) is 0 Å². The second kappa shape index (κ2) is 4.76. The average molecular weight is 232 g/mol. The van der Waals surface area contributed by atoms with Gasteiger partial charge in [-0.25, -0.2) is 0 Å². The Morgan fingerprint density at radius 2 is 2.12 bits per heavy atom. The predicted octanol–water partition coefficient (Wildman–Crippen LogP) is 3.00. The summed E-state index contributed by atoms with van der Waals surface area (Å²) in [5.74, 6) is 0. The minimum absolute atomic E-state index is 0.0442. The minimum Gasteiger partial charge on any atom is -0.324 e. The largest absolute Gasteiger partial charge is 0.324 e. The molecule has 0 spiro atoms. The Bertz CT molecular complexity index is 463. The summed E-state index contributed by atoms with van der Waals surface area (Å²) in [5.41, 5.74) is 10.7. The van der Waals surface area contributed by atoms with Gasteiger partial charge in [0.05, 0.1) is 0 Å². The normalized spacial score (nSPS) is 12.7. The molecular formula is C13H16N2S. The van der Waals surface area contributed by atoms with Gasteiger partial charge in [0.15, 0.2) is 0 Å². The quantitative estimate of drug-likeness (QED) is 0.883. The molecular weight excluding hydrogens is 216 g/mol. The number of hydrogen-bond acceptors (Lipinski definition) is 3. The number of thiophene rings is 1. The molecule has 0 saturated heterocycles. The fraction of sp³-hybridized carbons (Fsp3) is 0.308. The Kier molecular flexibility index (Phi) is 3.36. The summed E-state index contributed by atoms with van der Waals surface area (Å²) in [5, 5.41) is 4.24. The van der Waals surface area contributed by atoms with E-state index in [1.807, 2.05) is 19.9 Å². The Hall–Kier alpha value is -1.19. The highest BCUT2D eigenvalue weighted by Gasteiger charge is 2.10. The minimum atomic E-state index is 0.0442. The first-order valence-corrected chi connectivity index (χ1v) is 6.32. The maximum absolute atomic E-state index is 6.20. The van der Waals surface area contributed by atoms with E-state index in [-0.39, 0.29) is 6.04 Å². The molecule has 2 aromatic rings. The lowest BCUT2D eigenvalue weighted by Gasteiger charge is -2.13. The van der Waals surface area contributed by atoms with Crippen LogP contribution in [-0.4, -0.2) is 4.98 Å². The van der Waals surface area contributed by atoms with E-state index in [0.717, 1.165) is 23.4 Å². The molecule has 2 heterocycles. The van der Waals surface area contributed by atoms with Gasteiger partial charge in [-0.3, -0.25) is 4.98 Å². The van der Waals surface area contributed by atoms with Gasteiger partial charge in [-0.15, -0.1) is 0 Å². The summed E-state index contributed by atoms with van der Waals surface area (Å²) in [4.78, 5) is 4.45. The van der Waals surface area contributed by atoms with Crippen LogP contribution in [0, 0.1) is 13.8 Å². The fourth-order valence-corrected chi connectivity index (χ4v) is 2.54. The third kappa shape index (κ3) is 2.49. The fourth-order valence-electron chi connectivity index (χ4n) is 1.86. The maximum Gasteiger partial charge on any atom is 0.0423 e. The summed E-state index contributed by atoms with van der Waals surface area (Å²) in [7, 11) is 0. The van der Waals surface area contributed by atoms with Crippen LogP contribution in [0.5, 0.6) is 0 Å². The smallest absolute Gasteiger partial charge is 0.0423 e. The van der Waals surface area contributed by atoms with Crippen LogP contribution in [-0.2, 0) is 6.42 Å². The van der Waals surface area contributed by atoms with Gasteiger partial charge in [0.25, 0.3) is 0 Å². The Morgan fingerprint density at radius 3 is 2.75 bits per heavy atom. The van der Waals surface area contributed by atoms with Crippen molar-refractivity contribution in [2.24, 2.45) is 5.73 Å². The topological polar surface area (TPSA) is 38.9 Å². The van der Waals surface area contributed by atoms with Crippen molar-refractivity contribution in [1.29, 1.82) is 0 Å². The highest BCUT2D eigenvalue weighted by atomic mass is 32.1. The van der Waals surface area contributed by atoms with Crippen molar-refractivity contribution in [3.8, 4) is 0 Å². The van der Waals surface area contributed by atoms with E-state index in [1.54, 1.807) is 11.3 Å². The first-order valence-electron chi connectivity index (χ1n) is 5.37. The van der Waals surface area contributed by atoms with Crippen molar-refractivity contribution in [3.05, 3.63) is 51.5 Å². The van der Waals surface area contributed by atoms with Gasteiger partial charge < -0.3 is 5.73 Å². The molecule has 0 fully saturated rings. The zero-order chi connectivity index (χ0) is 11.5. The van der Waals surface area contributed by atoms with Gasteiger partial charge in [0.2, 0.25) is 0 Å². The summed E-state index contributed by atoms with van der Waals surface area (Å²) in [6, 6.07) is 6.29. The van der Waals surface area contributed by atoms with E-state index in [2.05, 4.69) is 27.9 Å². The second-order valence-corrected chi connectivity index (χ2v) is 4.85. The van der Waals surface area contributed by atoms with Crippen LogP contribution in [0.1, 0.15) is 28.6 Å². The van der Waals surface area contributed by atoms with Crippen LogP contribution in [0.25, 0.3) is 0 Å². The van der Waals surface area contributed by atoms with Gasteiger partial charge >= 0.3 is 0 Å². The zero-order valence-corrected chi connectivity index (χ0v) is 10.4. The van der Waals surface area contributed by atoms with E-state index in [0.29, 0.717) is 0 Å². The molecule has 0 aromatic carbocycles. The first-order chi connectivity index (χ1) is 7.66. The Balaban J connectivity index is 2.17. The third-order valence-electron chi connectivity index (χ3n) is 2.70. The Labute approximate surface area is 100 Å². The lowest BCUT2D eigenvalue weighted by atomic mass is 10.00. The lowest BCUT2D eigenvalue weighted by Crippen LogP contribution is -2.15. The molecule has 0 bridgehead atoms. The molecule has 0 aliphatic carbocycles. The number of pyridine rings is 1. The number of rotatable bonds is 3. The van der Waals surface area contributed by atoms with E-state index in [1.165, 1.54) is 5.56 Å². The molecule has 0 amide bonds. The van der Waals surface area contributed by atoms with Crippen LogP contribution < -0.4 is 5.73 Å². The second-order valence-electron chi connectivity index (χ2n) is 4.07. The molecule has 0 aliphatic heterocycles. The van der Waals surface area contributed by atoms with Crippen LogP contribution in [0.3, 0.4) is 0 Å². The Morgan fingerprint density at radius 1 is 1.31 bits per heavy atom. The molecule has 2 aromatic heterocycles. The van der Waals surface area contributed by atoms with Crippen molar-refractivity contribution in [2.75, 3.05) is 0 Å². The van der Waals surface area contributed by atoms with E-state index < -0.39 is 0 Å². The molecule has 2 nitrogen and oxygen atoms in total. The van der Waals surface area contributed by atoms with Gasteiger partial charge in [0, 0.05) is 17.4 Å². The molecule has 2 rings (SSSR count). The molecule has 1 unspecified atom stereocenters. The van der Waals surface area contributed by atoms with Crippen LogP contribution in [0.15, 0.2) is 29.0 Å². The summed E-state index contributed by atoms with van der Waals surface area (Å²) in [6.07, 6.45) is 0.884. The van der Waals surface area contributed by atoms with Crippen molar-refractivity contribution < 1.29 is 0 Å². The highest BCUT2D eigenvalue weighted by Crippen LogP contribution is 2.20. The summed E-state index contributed by atoms with van der Waals surface area (Å²) < 4.78 is 0. The summed E-state index contributed by atoms with van der Waals surface area (Å²) in [6.45, 7) is 4.02. The molecule has 16 heavy (non-hydrogen) atoms. The summed E-state index contributed by atoms with van der Waals surface area (Å²) >= 11 is 1.71. The van der Waals surface area contributed by atoms with Crippen molar-refractivity contribution >= 4 is 11.3 Å². The zero-order valence-electron chi connectivity index (χ0n) is 9.60. The first kappa shape index (κ1) is 11.3. The molecule has 0 radical (unpaired) electrons. The van der Waals surface area contributed by atoms with Gasteiger partial charge in [0.1, 0.15) is 0 Å². The molecule has 1 atom stereocenters. The van der Waals surface area contributed by atoms with Crippen molar-refractivity contribution in [2.45, 2.75) is 26.3 Å². The SMILES string of the molecule is Cc1ccc(C(N)Cc2ccsc2)c(C)n1. The molecule has 0 aliphatic rings. The molecule has 0 saturated carbocycles. The van der Waals surface area contributed by atoms with Gasteiger partial charge in [-0.05, 0) is 54.3 Å². The predicted molar refractivity (Wildman–Crippen MR) is 68.7 cm³/mol. The number of hydrogen-bond donors (Lipinski definition) is 1. The average Bonchev–Trinajstić information content (AvgIpc) is 2.70. The number of nitrogens with zero attached hydrogens (tertiary/aromatic N) is 1. The van der Waals surface area contributed by atoms with E-state index in [4.69, 9.17) is 5.73 Å². The van der Waals surface area contributed by atoms with Crippen molar-refractivity contribution in [1.82, 2.24) is 4.98 Å². The lowest BCUT2D eigenvalue weighted by molar-refractivity contribution is 0.711. The molecule has 2 N–H and O–H groups in total. The van der Waals surface area contributed by atoms with E-state index >= 15 is 0 Å². The van der Waals surface area contributed by atoms with Gasteiger partial charge in [-0.1, -0.05) is 6.07 Å². The number of nitrogens with two attached hydrogens (primary N) is 1. The van der Waals surface area contributed by atoms with Crippen LogP contribution in [0.2, 0.25) is 0 Å². The monoisotopic (exact) mass is 232 g/mol. The standard InChI is InChI=1S/C13H16N2S/c1-9-3-4-12(10(2)15-9)13(14)7-11-5-6-16-8-11/h3-6,8,13H,7,14H2,1-2H3. The molecule has 3 heteroatoms. The highest BCUT2D eigenvalue weighted by molar-refractivity contribution is 7.07. The van der Waals surface area contributed by atoms with Gasteiger partial charge in [-0.2, -0.15) is 11.3 Å². The molecule has 84 valence electrons. The third-order valence-corrected chi connectivity index (χ3v) is 3.43.